The van der Waals surface area contributed by atoms with Gasteiger partial charge in [0.2, 0.25) is 5.91 Å². The molecule has 5 nitrogen and oxygen atoms in total. The molecule has 0 aliphatic carbocycles. The number of rotatable bonds is 8. The van der Waals surface area contributed by atoms with Crippen molar-refractivity contribution >= 4 is 15.7 Å². The monoisotopic (exact) mass is 298 g/mol. The third-order valence-corrected chi connectivity index (χ3v) is 4.21. The van der Waals surface area contributed by atoms with Gasteiger partial charge in [-0.15, -0.1) is 0 Å². The molecule has 0 unspecified atom stereocenters. The molecule has 1 aromatic rings. The van der Waals surface area contributed by atoms with Crippen molar-refractivity contribution in [1.29, 1.82) is 0 Å². The van der Waals surface area contributed by atoms with Crippen LogP contribution in [0.2, 0.25) is 0 Å². The maximum Gasteiger partial charge on any atom is 0.221 e. The Morgan fingerprint density at radius 2 is 1.85 bits per heavy atom. The Balaban J connectivity index is 2.29. The second-order valence-electron chi connectivity index (χ2n) is 4.98. The Kier molecular flexibility index (Phi) is 6.67. The van der Waals surface area contributed by atoms with Crippen LogP contribution in [0.3, 0.4) is 0 Å². The standard InChI is InChI=1S/C14H22N2O3S/c1-16(2)10-11-20(18,19)12-15-14(17)9-8-13-6-4-3-5-7-13/h3-7H,8-12H2,1-2H3,(H,15,17). The fraction of sp³-hybridized carbons (Fsp3) is 0.500. The van der Waals surface area contributed by atoms with Crippen LogP contribution in [0.5, 0.6) is 0 Å². The summed E-state index contributed by atoms with van der Waals surface area (Å²) in [5, 5.41) is 2.47. The summed E-state index contributed by atoms with van der Waals surface area (Å²) in [5.74, 6) is -0.463. The van der Waals surface area contributed by atoms with Crippen molar-refractivity contribution in [2.45, 2.75) is 12.8 Å². The molecule has 0 aromatic heterocycles. The number of sulfone groups is 1. The average molecular weight is 298 g/mol. The van der Waals surface area contributed by atoms with Gasteiger partial charge in [-0.2, -0.15) is 0 Å². The molecule has 0 heterocycles. The van der Waals surface area contributed by atoms with Gasteiger partial charge in [0.05, 0.1) is 5.75 Å². The van der Waals surface area contributed by atoms with E-state index in [9.17, 15) is 13.2 Å². The number of nitrogens with zero attached hydrogens (tertiary/aromatic N) is 1. The van der Waals surface area contributed by atoms with Crippen molar-refractivity contribution in [3.63, 3.8) is 0 Å². The number of hydrogen-bond acceptors (Lipinski definition) is 4. The average Bonchev–Trinajstić information content (AvgIpc) is 2.42. The Morgan fingerprint density at radius 3 is 2.45 bits per heavy atom. The molecule has 0 fully saturated rings. The maximum atomic E-state index is 11.7. The molecule has 0 atom stereocenters. The van der Waals surface area contributed by atoms with Crippen LogP contribution in [-0.4, -0.2) is 51.5 Å². The van der Waals surface area contributed by atoms with Gasteiger partial charge >= 0.3 is 0 Å². The highest BCUT2D eigenvalue weighted by Gasteiger charge is 2.12. The van der Waals surface area contributed by atoms with Gasteiger partial charge in [0.1, 0.15) is 5.88 Å². The van der Waals surface area contributed by atoms with Crippen LogP contribution >= 0.6 is 0 Å². The molecule has 0 spiro atoms. The van der Waals surface area contributed by atoms with E-state index in [1.807, 2.05) is 44.4 Å². The fourth-order valence-corrected chi connectivity index (χ4v) is 2.74. The first-order valence-electron chi connectivity index (χ1n) is 6.55. The van der Waals surface area contributed by atoms with Gasteiger partial charge in [-0.1, -0.05) is 30.3 Å². The number of nitrogens with one attached hydrogen (secondary N) is 1. The predicted octanol–water partition coefficient (Wildman–Crippen LogP) is 0.669. The molecule has 0 saturated heterocycles. The first kappa shape index (κ1) is 16.7. The minimum atomic E-state index is -3.23. The molecule has 0 saturated carbocycles. The van der Waals surface area contributed by atoms with E-state index in [0.29, 0.717) is 19.4 Å². The van der Waals surface area contributed by atoms with Gasteiger partial charge in [-0.25, -0.2) is 8.42 Å². The number of carbonyl (C=O) groups excluding carboxylic acids is 1. The van der Waals surface area contributed by atoms with Crippen LogP contribution in [0.15, 0.2) is 30.3 Å². The summed E-state index contributed by atoms with van der Waals surface area (Å²) in [7, 11) is 0.399. The highest BCUT2D eigenvalue weighted by molar-refractivity contribution is 7.91. The number of amides is 1. The molecule has 112 valence electrons. The number of carbonyl (C=O) groups is 1. The van der Waals surface area contributed by atoms with Gasteiger partial charge in [-0.3, -0.25) is 4.79 Å². The minimum absolute atomic E-state index is 0.0545. The van der Waals surface area contributed by atoms with Crippen molar-refractivity contribution in [2.24, 2.45) is 0 Å². The topological polar surface area (TPSA) is 66.5 Å². The van der Waals surface area contributed by atoms with Gasteiger partial charge in [-0.05, 0) is 26.1 Å². The van der Waals surface area contributed by atoms with Crippen molar-refractivity contribution in [2.75, 3.05) is 32.3 Å². The second-order valence-corrected chi connectivity index (χ2v) is 7.16. The number of hydrogen-bond donors (Lipinski definition) is 1. The Bertz CT molecular complexity index is 512. The van der Waals surface area contributed by atoms with Crippen LogP contribution in [0, 0.1) is 0 Å². The molecular formula is C14H22N2O3S. The van der Waals surface area contributed by atoms with Gasteiger partial charge in [0.25, 0.3) is 0 Å². The smallest absolute Gasteiger partial charge is 0.221 e. The summed E-state index contributed by atoms with van der Waals surface area (Å²) in [6.45, 7) is 0.461. The van der Waals surface area contributed by atoms with E-state index >= 15 is 0 Å². The number of benzene rings is 1. The fourth-order valence-electron chi connectivity index (χ4n) is 1.58. The van der Waals surface area contributed by atoms with Crippen LogP contribution in [0.25, 0.3) is 0 Å². The maximum absolute atomic E-state index is 11.7. The summed E-state index contributed by atoms with van der Waals surface area (Å²) in [4.78, 5) is 13.4. The van der Waals surface area contributed by atoms with E-state index in [0.717, 1.165) is 5.56 Å². The van der Waals surface area contributed by atoms with E-state index in [-0.39, 0.29) is 17.5 Å². The quantitative estimate of drug-likeness (QED) is 0.766. The highest BCUT2D eigenvalue weighted by Crippen LogP contribution is 2.02. The van der Waals surface area contributed by atoms with E-state index < -0.39 is 9.84 Å². The Morgan fingerprint density at radius 1 is 1.20 bits per heavy atom. The molecule has 1 rings (SSSR count). The molecule has 0 aliphatic rings. The van der Waals surface area contributed by atoms with Crippen LogP contribution < -0.4 is 5.32 Å². The van der Waals surface area contributed by atoms with Crippen LogP contribution in [0.1, 0.15) is 12.0 Å². The van der Waals surface area contributed by atoms with Gasteiger partial charge in [0, 0.05) is 13.0 Å². The lowest BCUT2D eigenvalue weighted by atomic mass is 10.1. The molecule has 0 bridgehead atoms. The lowest BCUT2D eigenvalue weighted by molar-refractivity contribution is -0.120. The normalized spacial score (nSPS) is 11.6. The summed E-state index contributed by atoms with van der Waals surface area (Å²) < 4.78 is 23.3. The summed E-state index contributed by atoms with van der Waals surface area (Å²) in [6.07, 6.45) is 0.914. The first-order chi connectivity index (χ1) is 9.39. The van der Waals surface area contributed by atoms with E-state index in [1.165, 1.54) is 0 Å². The zero-order valence-electron chi connectivity index (χ0n) is 12.0. The zero-order valence-corrected chi connectivity index (χ0v) is 12.8. The SMILES string of the molecule is CN(C)CCS(=O)(=O)CNC(=O)CCc1ccccc1. The van der Waals surface area contributed by atoms with E-state index in [4.69, 9.17) is 0 Å². The second kappa shape index (κ2) is 8.01. The summed E-state index contributed by atoms with van der Waals surface area (Å²) in [5.41, 5.74) is 1.07. The third kappa shape index (κ3) is 7.25. The number of aryl methyl sites for hydroxylation is 1. The van der Waals surface area contributed by atoms with Crippen molar-refractivity contribution in [3.8, 4) is 0 Å². The lowest BCUT2D eigenvalue weighted by Crippen LogP contribution is -2.33. The molecule has 1 amide bonds. The molecular weight excluding hydrogens is 276 g/mol. The Hall–Kier alpha value is -1.40. The predicted molar refractivity (Wildman–Crippen MR) is 80.1 cm³/mol. The van der Waals surface area contributed by atoms with Crippen LogP contribution in [-0.2, 0) is 21.1 Å². The summed E-state index contributed by atoms with van der Waals surface area (Å²) >= 11 is 0. The van der Waals surface area contributed by atoms with Crippen LogP contribution in [0.4, 0.5) is 0 Å². The molecule has 1 aromatic carbocycles. The van der Waals surface area contributed by atoms with Crippen molar-refractivity contribution in [1.82, 2.24) is 10.2 Å². The largest absolute Gasteiger partial charge is 0.342 e. The first-order valence-corrected chi connectivity index (χ1v) is 8.37. The Labute approximate surface area is 120 Å². The molecule has 0 radical (unpaired) electrons. The molecule has 1 N–H and O–H groups in total. The van der Waals surface area contributed by atoms with Crippen molar-refractivity contribution in [3.05, 3.63) is 35.9 Å². The molecule has 6 heteroatoms. The van der Waals surface area contributed by atoms with Gasteiger partial charge < -0.3 is 10.2 Å². The lowest BCUT2D eigenvalue weighted by Gasteiger charge is -2.10. The molecule has 20 heavy (non-hydrogen) atoms. The zero-order chi connectivity index (χ0) is 15.0. The summed E-state index contributed by atoms with van der Waals surface area (Å²) in [6, 6.07) is 9.64. The molecule has 0 aliphatic heterocycles. The van der Waals surface area contributed by atoms with Gasteiger partial charge in [0.15, 0.2) is 9.84 Å². The van der Waals surface area contributed by atoms with E-state index in [2.05, 4.69) is 5.32 Å². The van der Waals surface area contributed by atoms with E-state index in [1.54, 1.807) is 4.90 Å². The highest BCUT2D eigenvalue weighted by atomic mass is 32.2. The van der Waals surface area contributed by atoms with Crippen molar-refractivity contribution < 1.29 is 13.2 Å². The minimum Gasteiger partial charge on any atom is -0.342 e. The third-order valence-electron chi connectivity index (χ3n) is 2.82.